The van der Waals surface area contributed by atoms with Crippen molar-refractivity contribution in [3.05, 3.63) is 108 Å². The average molecular weight is 527 g/mol. The van der Waals surface area contributed by atoms with E-state index >= 15 is 0 Å². The van der Waals surface area contributed by atoms with Gasteiger partial charge >= 0.3 is 0 Å². The molecule has 39 heavy (non-hydrogen) atoms. The van der Waals surface area contributed by atoms with Crippen molar-refractivity contribution in [3.8, 4) is 11.5 Å². The molecule has 7 heteroatoms. The maximum atomic E-state index is 11.6. The topological polar surface area (TPSA) is 91.3 Å². The number of carboxylic acid groups (broad SMARTS) is 1. The summed E-state index contributed by atoms with van der Waals surface area (Å²) in [7, 11) is 0. The maximum Gasteiger partial charge on any atom is 0.137 e. The first kappa shape index (κ1) is 26.5. The third-order valence-corrected chi connectivity index (χ3v) is 7.03. The van der Waals surface area contributed by atoms with E-state index < -0.39 is 12.2 Å². The fraction of sp³-hybridized carbons (Fsp3) is 0.281. The van der Waals surface area contributed by atoms with Gasteiger partial charge in [-0.2, -0.15) is 0 Å². The normalized spacial score (nSPS) is 18.0. The van der Waals surface area contributed by atoms with Gasteiger partial charge < -0.3 is 34.1 Å². The van der Waals surface area contributed by atoms with Gasteiger partial charge in [0, 0.05) is 19.0 Å². The van der Waals surface area contributed by atoms with E-state index in [1.54, 1.807) is 0 Å². The highest BCUT2D eigenvalue weighted by atomic mass is 16.5. The van der Waals surface area contributed by atoms with Crippen LogP contribution in [0.1, 0.15) is 23.5 Å². The Bertz CT molecular complexity index is 1360. The number of benzene rings is 4. The number of aliphatic hydroxyl groups excluding tert-OH is 1. The minimum Gasteiger partial charge on any atom is -0.530 e. The fourth-order valence-electron chi connectivity index (χ4n) is 4.93. The molecule has 0 aliphatic carbocycles. The van der Waals surface area contributed by atoms with Crippen LogP contribution in [0.25, 0.3) is 10.8 Å². The predicted octanol–water partition coefficient (Wildman–Crippen LogP) is 4.38. The number of para-hydroxylation sites is 1. The number of fused-ring (bicyclic) bond motifs is 1. The summed E-state index contributed by atoms with van der Waals surface area (Å²) in [5.41, 5.74) is 2.09. The molecule has 0 bridgehead atoms. The molecule has 0 saturated carbocycles. The first-order chi connectivity index (χ1) is 19.0. The zero-order chi connectivity index (χ0) is 27.0. The average Bonchev–Trinajstić information content (AvgIpc) is 2.98. The molecule has 1 heterocycles. The highest BCUT2D eigenvalue weighted by Gasteiger charge is 2.31. The lowest BCUT2D eigenvalue weighted by molar-refractivity contribution is -0.268. The summed E-state index contributed by atoms with van der Waals surface area (Å²) in [6, 6.07) is 31.4. The van der Waals surface area contributed by atoms with Crippen molar-refractivity contribution in [3.63, 3.8) is 0 Å². The molecule has 1 fully saturated rings. The van der Waals surface area contributed by atoms with Crippen molar-refractivity contribution in [1.82, 2.24) is 4.90 Å². The van der Waals surface area contributed by atoms with Crippen LogP contribution < -0.4 is 14.6 Å². The summed E-state index contributed by atoms with van der Waals surface area (Å²) < 4.78 is 17.7. The second-order valence-electron chi connectivity index (χ2n) is 9.80. The van der Waals surface area contributed by atoms with E-state index in [1.807, 2.05) is 72.8 Å². The van der Waals surface area contributed by atoms with Crippen molar-refractivity contribution in [1.29, 1.82) is 0 Å². The molecule has 4 aromatic carbocycles. The number of piperidine rings is 1. The highest BCUT2D eigenvalue weighted by Crippen LogP contribution is 2.32. The van der Waals surface area contributed by atoms with Gasteiger partial charge in [0.1, 0.15) is 36.9 Å². The van der Waals surface area contributed by atoms with Gasteiger partial charge in [-0.25, -0.2) is 0 Å². The molecule has 4 aromatic rings. The van der Waals surface area contributed by atoms with E-state index in [0.29, 0.717) is 31.1 Å². The molecule has 1 amide bonds. The van der Waals surface area contributed by atoms with E-state index in [-0.39, 0.29) is 31.8 Å². The number of carbonyl (C=O) groups is 1. The number of amides is 1. The van der Waals surface area contributed by atoms with Crippen LogP contribution in [0.3, 0.4) is 0 Å². The van der Waals surface area contributed by atoms with Gasteiger partial charge in [0.05, 0.1) is 12.7 Å². The molecule has 3 atom stereocenters. The van der Waals surface area contributed by atoms with Crippen molar-refractivity contribution >= 4 is 16.9 Å². The van der Waals surface area contributed by atoms with Gasteiger partial charge in [-0.05, 0) is 58.7 Å². The Morgan fingerprint density at radius 3 is 2.26 bits per heavy atom. The van der Waals surface area contributed by atoms with Crippen LogP contribution in [-0.4, -0.2) is 54.6 Å². The van der Waals surface area contributed by atoms with Crippen LogP contribution >= 0.6 is 0 Å². The number of carbonyl (C=O) groups excluding carboxylic acids is 1. The molecule has 0 aromatic heterocycles. The lowest BCUT2D eigenvalue weighted by Crippen LogP contribution is -2.51. The largest absolute Gasteiger partial charge is 0.530 e. The molecule has 5 rings (SSSR count). The lowest BCUT2D eigenvalue weighted by atomic mass is 9.87. The quantitative estimate of drug-likeness (QED) is 0.330. The Labute approximate surface area is 228 Å². The lowest BCUT2D eigenvalue weighted by Gasteiger charge is -2.40. The summed E-state index contributed by atoms with van der Waals surface area (Å²) in [6.07, 6.45) is -1.63. The Morgan fingerprint density at radius 1 is 0.872 bits per heavy atom. The third-order valence-electron chi connectivity index (χ3n) is 7.03. The van der Waals surface area contributed by atoms with Crippen LogP contribution in [0.2, 0.25) is 0 Å². The summed E-state index contributed by atoms with van der Waals surface area (Å²) in [5, 5.41) is 24.1. The van der Waals surface area contributed by atoms with Crippen molar-refractivity contribution in [2.45, 2.75) is 31.2 Å². The molecular weight excluding hydrogens is 494 g/mol. The molecule has 1 saturated heterocycles. The van der Waals surface area contributed by atoms with Gasteiger partial charge in [-0.1, -0.05) is 66.7 Å². The smallest absolute Gasteiger partial charge is 0.137 e. The van der Waals surface area contributed by atoms with Crippen LogP contribution in [0, 0.1) is 0 Å². The Morgan fingerprint density at radius 2 is 1.54 bits per heavy atom. The second kappa shape index (κ2) is 12.7. The van der Waals surface area contributed by atoms with Gasteiger partial charge in [-0.15, -0.1) is 0 Å². The number of aliphatic hydroxyl groups is 1. The van der Waals surface area contributed by atoms with E-state index in [0.717, 1.165) is 16.5 Å². The number of rotatable bonds is 10. The summed E-state index contributed by atoms with van der Waals surface area (Å²) >= 11 is 0. The summed E-state index contributed by atoms with van der Waals surface area (Å²) in [6.45, 7) is 1.28. The number of nitrogens with zero attached hydrogens (tertiary/aromatic N) is 1. The number of ether oxygens (including phenoxy) is 3. The SMILES string of the molecule is O=C([O-])N1CCC(c2ccc(OCC(O)COc3ccccc3)cc2)C(OCc2ccc3ccccc3c2)C1. The molecule has 3 unspecified atom stereocenters. The Kier molecular flexibility index (Phi) is 8.61. The van der Waals surface area contributed by atoms with E-state index in [1.165, 1.54) is 10.3 Å². The Hall–Kier alpha value is -4.07. The zero-order valence-electron chi connectivity index (χ0n) is 21.6. The standard InChI is InChI=1S/C32H33NO6/c34-27(21-37-28-8-2-1-3-9-28)22-38-29-14-12-25(13-15-29)30-16-17-33(32(35)36)19-31(30)39-20-23-10-11-24-6-4-5-7-26(24)18-23/h1-15,18,27,30-31,34H,16-17,19-22H2,(H,35,36)/p-1. The van der Waals surface area contributed by atoms with Crippen LogP contribution in [0.4, 0.5) is 4.79 Å². The minimum absolute atomic E-state index is 0.0277. The fourth-order valence-corrected chi connectivity index (χ4v) is 4.93. The molecule has 1 aliphatic rings. The second-order valence-corrected chi connectivity index (χ2v) is 9.80. The van der Waals surface area contributed by atoms with Crippen LogP contribution in [-0.2, 0) is 11.3 Å². The van der Waals surface area contributed by atoms with Gasteiger partial charge in [-0.3, -0.25) is 0 Å². The zero-order valence-corrected chi connectivity index (χ0v) is 21.6. The number of likely N-dealkylation sites (tertiary alicyclic amines) is 1. The number of hydrogen-bond donors (Lipinski definition) is 1. The maximum absolute atomic E-state index is 11.6. The third kappa shape index (κ3) is 7.07. The highest BCUT2D eigenvalue weighted by molar-refractivity contribution is 5.82. The van der Waals surface area contributed by atoms with Gasteiger partial charge in [0.15, 0.2) is 0 Å². The monoisotopic (exact) mass is 526 g/mol. The van der Waals surface area contributed by atoms with Crippen molar-refractivity contribution in [2.75, 3.05) is 26.3 Å². The minimum atomic E-state index is -1.17. The van der Waals surface area contributed by atoms with E-state index in [2.05, 4.69) is 24.3 Å². The van der Waals surface area contributed by atoms with Crippen molar-refractivity contribution < 1.29 is 29.2 Å². The molecule has 0 radical (unpaired) electrons. The van der Waals surface area contributed by atoms with E-state index in [9.17, 15) is 15.0 Å². The van der Waals surface area contributed by atoms with Crippen LogP contribution in [0.15, 0.2) is 97.1 Å². The summed E-state index contributed by atoms with van der Waals surface area (Å²) in [4.78, 5) is 12.9. The molecular formula is C32H32NO6-. The summed E-state index contributed by atoms with van der Waals surface area (Å²) in [5.74, 6) is 1.36. The predicted molar refractivity (Wildman–Crippen MR) is 147 cm³/mol. The molecule has 7 nitrogen and oxygen atoms in total. The molecule has 1 aliphatic heterocycles. The molecule has 1 N–H and O–H groups in total. The Balaban J connectivity index is 1.19. The molecule has 0 spiro atoms. The van der Waals surface area contributed by atoms with Gasteiger partial charge in [0.25, 0.3) is 0 Å². The molecule has 202 valence electrons. The first-order valence-electron chi connectivity index (χ1n) is 13.2. The van der Waals surface area contributed by atoms with Crippen molar-refractivity contribution in [2.24, 2.45) is 0 Å². The first-order valence-corrected chi connectivity index (χ1v) is 13.2. The number of hydrogen-bond acceptors (Lipinski definition) is 6. The van der Waals surface area contributed by atoms with E-state index in [4.69, 9.17) is 14.2 Å². The van der Waals surface area contributed by atoms with Gasteiger partial charge in [0.2, 0.25) is 0 Å². The van der Waals surface area contributed by atoms with Crippen LogP contribution in [0.5, 0.6) is 11.5 Å².